The first-order valence-electron chi connectivity index (χ1n) is 6.08. The summed E-state index contributed by atoms with van der Waals surface area (Å²) in [6, 6.07) is 12.6. The molecule has 0 spiro atoms. The van der Waals surface area contributed by atoms with E-state index < -0.39 is 11.2 Å². The molecule has 0 saturated heterocycles. The zero-order valence-corrected chi connectivity index (χ0v) is 12.6. The second kappa shape index (κ2) is 6.61. The molecule has 1 heterocycles. The highest BCUT2D eigenvalue weighted by atomic mass is 35.5. The van der Waals surface area contributed by atoms with E-state index in [0.29, 0.717) is 21.3 Å². The van der Waals surface area contributed by atoms with Crippen LogP contribution in [0.25, 0.3) is 11.3 Å². The van der Waals surface area contributed by atoms with Crippen LogP contribution >= 0.6 is 23.4 Å². The number of hydrogen-bond acceptors (Lipinski definition) is 4. The lowest BCUT2D eigenvalue weighted by molar-refractivity contribution is -0.136. The van der Waals surface area contributed by atoms with Crippen molar-refractivity contribution in [3.8, 4) is 17.3 Å². The number of pyridine rings is 1. The second-order valence-electron chi connectivity index (χ2n) is 4.27. The maximum absolute atomic E-state index is 10.9. The molecule has 0 amide bonds. The lowest BCUT2D eigenvalue weighted by Crippen LogP contribution is -2.12. The van der Waals surface area contributed by atoms with Gasteiger partial charge in [-0.1, -0.05) is 35.5 Å². The summed E-state index contributed by atoms with van der Waals surface area (Å²) in [5, 5.41) is 18.4. The standard InChI is InChI=1S/C15H11ClN2O2S/c1-9(15(19)20)21-14-11(8-17)4-7-13(18-14)10-2-5-12(16)6-3-10/h2-7,9H,1H3,(H,19,20). The van der Waals surface area contributed by atoms with Gasteiger partial charge in [0.25, 0.3) is 0 Å². The Hall–Kier alpha value is -2.03. The summed E-state index contributed by atoms with van der Waals surface area (Å²) in [6.45, 7) is 1.56. The van der Waals surface area contributed by atoms with Gasteiger partial charge in [0.15, 0.2) is 0 Å². The number of carbonyl (C=O) groups is 1. The van der Waals surface area contributed by atoms with Gasteiger partial charge in [0.1, 0.15) is 16.3 Å². The van der Waals surface area contributed by atoms with Crippen LogP contribution in [0.1, 0.15) is 12.5 Å². The van der Waals surface area contributed by atoms with E-state index in [1.165, 1.54) is 0 Å². The highest BCUT2D eigenvalue weighted by molar-refractivity contribution is 8.00. The minimum absolute atomic E-state index is 0.366. The van der Waals surface area contributed by atoms with Gasteiger partial charge in [0.05, 0.1) is 11.3 Å². The zero-order chi connectivity index (χ0) is 15.4. The molecule has 2 aromatic rings. The van der Waals surface area contributed by atoms with Crippen molar-refractivity contribution >= 4 is 29.3 Å². The fourth-order valence-electron chi connectivity index (χ4n) is 1.61. The minimum Gasteiger partial charge on any atom is -0.480 e. The second-order valence-corrected chi connectivity index (χ2v) is 6.03. The average Bonchev–Trinajstić information content (AvgIpc) is 2.47. The highest BCUT2D eigenvalue weighted by Gasteiger charge is 2.17. The normalized spacial score (nSPS) is 11.7. The number of aliphatic carboxylic acids is 1. The van der Waals surface area contributed by atoms with Gasteiger partial charge >= 0.3 is 5.97 Å². The maximum atomic E-state index is 10.9. The van der Waals surface area contributed by atoms with Gasteiger partial charge in [-0.25, -0.2) is 4.98 Å². The number of nitrogens with zero attached hydrogens (tertiary/aromatic N) is 2. The number of halogens is 1. The molecule has 4 nitrogen and oxygen atoms in total. The average molecular weight is 319 g/mol. The molecule has 0 aliphatic carbocycles. The van der Waals surface area contributed by atoms with Crippen molar-refractivity contribution in [3.63, 3.8) is 0 Å². The van der Waals surface area contributed by atoms with Gasteiger partial charge in [0.2, 0.25) is 0 Å². The number of hydrogen-bond donors (Lipinski definition) is 1. The van der Waals surface area contributed by atoms with E-state index in [9.17, 15) is 4.79 Å². The van der Waals surface area contributed by atoms with Crippen LogP contribution < -0.4 is 0 Å². The molecule has 1 N–H and O–H groups in total. The Balaban J connectivity index is 2.40. The first-order chi connectivity index (χ1) is 10.0. The predicted octanol–water partition coefficient (Wildman–Crippen LogP) is 3.84. The third kappa shape index (κ3) is 3.75. The molecule has 0 aliphatic rings. The van der Waals surface area contributed by atoms with Crippen LogP contribution in [-0.2, 0) is 4.79 Å². The van der Waals surface area contributed by atoms with E-state index in [0.717, 1.165) is 17.3 Å². The highest BCUT2D eigenvalue weighted by Crippen LogP contribution is 2.28. The largest absolute Gasteiger partial charge is 0.480 e. The van der Waals surface area contributed by atoms with Gasteiger partial charge in [-0.05, 0) is 31.2 Å². The molecule has 1 aromatic heterocycles. The minimum atomic E-state index is -0.942. The van der Waals surface area contributed by atoms with E-state index in [-0.39, 0.29) is 0 Å². The molecule has 0 fully saturated rings. The lowest BCUT2D eigenvalue weighted by Gasteiger charge is -2.09. The van der Waals surface area contributed by atoms with Crippen molar-refractivity contribution in [2.45, 2.75) is 17.2 Å². The van der Waals surface area contributed by atoms with Crippen LogP contribution in [0.3, 0.4) is 0 Å². The summed E-state index contributed by atoms with van der Waals surface area (Å²) in [6.07, 6.45) is 0. The molecule has 6 heteroatoms. The smallest absolute Gasteiger partial charge is 0.316 e. The first kappa shape index (κ1) is 15.4. The van der Waals surface area contributed by atoms with E-state index in [1.54, 1.807) is 31.2 Å². The number of aromatic nitrogens is 1. The van der Waals surface area contributed by atoms with Crippen LogP contribution in [0, 0.1) is 11.3 Å². The van der Waals surface area contributed by atoms with Gasteiger partial charge in [-0.2, -0.15) is 5.26 Å². The third-order valence-electron chi connectivity index (χ3n) is 2.76. The van der Waals surface area contributed by atoms with Gasteiger partial charge in [0, 0.05) is 10.6 Å². The number of rotatable bonds is 4. The van der Waals surface area contributed by atoms with Crippen LogP contribution in [0.2, 0.25) is 5.02 Å². The van der Waals surface area contributed by atoms with E-state index in [2.05, 4.69) is 4.98 Å². The number of benzene rings is 1. The van der Waals surface area contributed by atoms with Gasteiger partial charge in [-0.3, -0.25) is 4.79 Å². The fraction of sp³-hybridized carbons (Fsp3) is 0.133. The van der Waals surface area contributed by atoms with E-state index >= 15 is 0 Å². The van der Waals surface area contributed by atoms with Crippen LogP contribution in [-0.4, -0.2) is 21.3 Å². The van der Waals surface area contributed by atoms with Crippen LogP contribution in [0.4, 0.5) is 0 Å². The van der Waals surface area contributed by atoms with Crippen molar-refractivity contribution in [1.82, 2.24) is 4.98 Å². The Morgan fingerprint density at radius 3 is 2.57 bits per heavy atom. The number of thioether (sulfide) groups is 1. The summed E-state index contributed by atoms with van der Waals surface area (Å²) >= 11 is 6.90. The summed E-state index contributed by atoms with van der Waals surface area (Å²) in [5.41, 5.74) is 1.89. The molecule has 0 saturated carbocycles. The van der Waals surface area contributed by atoms with E-state index in [4.69, 9.17) is 22.0 Å². The SMILES string of the molecule is CC(Sc1nc(-c2ccc(Cl)cc2)ccc1C#N)C(=O)O. The van der Waals surface area contributed by atoms with Crippen LogP contribution in [0.15, 0.2) is 41.4 Å². The molecule has 0 radical (unpaired) electrons. The Morgan fingerprint density at radius 1 is 1.33 bits per heavy atom. The molecule has 2 rings (SSSR count). The third-order valence-corrected chi connectivity index (χ3v) is 4.10. The number of carboxylic acid groups (broad SMARTS) is 1. The Bertz CT molecular complexity index is 711. The maximum Gasteiger partial charge on any atom is 0.316 e. The molecule has 0 aliphatic heterocycles. The molecule has 1 atom stereocenters. The Morgan fingerprint density at radius 2 is 2.00 bits per heavy atom. The Labute approximate surface area is 131 Å². The topological polar surface area (TPSA) is 74.0 Å². The molecule has 1 aromatic carbocycles. The van der Waals surface area contributed by atoms with Crippen LogP contribution in [0.5, 0.6) is 0 Å². The number of nitriles is 1. The molecular formula is C15H11ClN2O2S. The molecular weight excluding hydrogens is 308 g/mol. The predicted molar refractivity (Wildman–Crippen MR) is 82.4 cm³/mol. The quantitative estimate of drug-likeness (QED) is 0.867. The molecule has 0 bridgehead atoms. The van der Waals surface area contributed by atoms with Crippen molar-refractivity contribution in [3.05, 3.63) is 47.0 Å². The van der Waals surface area contributed by atoms with Crippen molar-refractivity contribution < 1.29 is 9.90 Å². The van der Waals surface area contributed by atoms with Gasteiger partial charge < -0.3 is 5.11 Å². The summed E-state index contributed by atoms with van der Waals surface area (Å²) < 4.78 is 0. The first-order valence-corrected chi connectivity index (χ1v) is 7.33. The summed E-state index contributed by atoms with van der Waals surface area (Å²) in [7, 11) is 0. The number of carboxylic acids is 1. The summed E-state index contributed by atoms with van der Waals surface area (Å²) in [5.74, 6) is -0.942. The van der Waals surface area contributed by atoms with Crippen molar-refractivity contribution in [1.29, 1.82) is 5.26 Å². The summed E-state index contributed by atoms with van der Waals surface area (Å²) in [4.78, 5) is 15.3. The fourth-order valence-corrected chi connectivity index (χ4v) is 2.57. The van der Waals surface area contributed by atoms with Crippen molar-refractivity contribution in [2.75, 3.05) is 0 Å². The van der Waals surface area contributed by atoms with E-state index in [1.807, 2.05) is 18.2 Å². The zero-order valence-electron chi connectivity index (χ0n) is 11.1. The van der Waals surface area contributed by atoms with Gasteiger partial charge in [-0.15, -0.1) is 0 Å². The van der Waals surface area contributed by atoms with Crippen molar-refractivity contribution in [2.24, 2.45) is 0 Å². The lowest BCUT2D eigenvalue weighted by atomic mass is 10.1. The molecule has 21 heavy (non-hydrogen) atoms. The molecule has 106 valence electrons. The Kier molecular flexibility index (Phi) is 4.84. The molecule has 1 unspecified atom stereocenters. The monoisotopic (exact) mass is 318 g/mol.